The van der Waals surface area contributed by atoms with Crippen molar-refractivity contribution in [3.8, 4) is 0 Å². The van der Waals surface area contributed by atoms with E-state index < -0.39 is 6.10 Å². The monoisotopic (exact) mass is 151 g/mol. The minimum absolute atomic E-state index is 0.537. The molecule has 2 heteroatoms. The number of hydrogen-bond acceptors (Lipinski definition) is 1. The van der Waals surface area contributed by atoms with E-state index >= 15 is 0 Å². The maximum atomic E-state index is 9.39. The van der Waals surface area contributed by atoms with Crippen molar-refractivity contribution in [3.05, 3.63) is 36.7 Å². The minimum atomic E-state index is -0.537. The predicted molar refractivity (Wildman–Crippen MR) is 45.3 cm³/mol. The molecule has 1 N–H and O–H groups in total. The van der Waals surface area contributed by atoms with Crippen molar-refractivity contribution < 1.29 is 5.11 Å². The van der Waals surface area contributed by atoms with Crippen LogP contribution in [0.4, 0.5) is 0 Å². The Morgan fingerprint density at radius 3 is 3.09 bits per heavy atom. The van der Waals surface area contributed by atoms with Gasteiger partial charge in [0.05, 0.1) is 5.69 Å². The van der Waals surface area contributed by atoms with E-state index in [4.69, 9.17) is 0 Å². The first kappa shape index (κ1) is 8.08. The molecule has 60 valence electrons. The van der Waals surface area contributed by atoms with E-state index in [2.05, 4.69) is 6.58 Å². The molecule has 0 fully saturated rings. The summed E-state index contributed by atoms with van der Waals surface area (Å²) in [5, 5.41) is 9.39. The van der Waals surface area contributed by atoms with E-state index in [0.717, 1.165) is 12.2 Å². The lowest BCUT2D eigenvalue weighted by Gasteiger charge is -2.08. The molecule has 0 radical (unpaired) electrons. The van der Waals surface area contributed by atoms with E-state index in [1.54, 1.807) is 0 Å². The van der Waals surface area contributed by atoms with Gasteiger partial charge in [-0.2, -0.15) is 0 Å². The molecule has 0 spiro atoms. The Morgan fingerprint density at radius 1 is 1.82 bits per heavy atom. The zero-order valence-corrected chi connectivity index (χ0v) is 6.70. The first-order valence-electron chi connectivity index (χ1n) is 3.75. The zero-order chi connectivity index (χ0) is 8.27. The Morgan fingerprint density at radius 2 is 2.55 bits per heavy atom. The lowest BCUT2D eigenvalue weighted by atomic mass is 10.2. The number of aryl methyl sites for hydroxylation is 1. The first-order valence-corrected chi connectivity index (χ1v) is 3.75. The number of nitrogens with zero attached hydrogens (tertiary/aromatic N) is 1. The Labute approximate surface area is 66.8 Å². The van der Waals surface area contributed by atoms with Gasteiger partial charge in [0.15, 0.2) is 0 Å². The maximum absolute atomic E-state index is 9.39. The highest BCUT2D eigenvalue weighted by Gasteiger charge is 2.05. The summed E-state index contributed by atoms with van der Waals surface area (Å²) in [5.41, 5.74) is 0.905. The third-order valence-corrected chi connectivity index (χ3v) is 1.73. The van der Waals surface area contributed by atoms with Gasteiger partial charge in [-0.15, -0.1) is 6.58 Å². The number of hydrogen-bond donors (Lipinski definition) is 1. The number of rotatable bonds is 3. The Hall–Kier alpha value is -1.02. The Kier molecular flexibility index (Phi) is 2.49. The molecule has 0 bridgehead atoms. The van der Waals surface area contributed by atoms with Crippen LogP contribution < -0.4 is 0 Å². The van der Waals surface area contributed by atoms with Crippen LogP contribution in [-0.4, -0.2) is 9.67 Å². The van der Waals surface area contributed by atoms with Gasteiger partial charge in [-0.3, -0.25) is 0 Å². The predicted octanol–water partition coefficient (Wildman–Crippen LogP) is 1.73. The molecule has 0 saturated carbocycles. The molecule has 1 unspecified atom stereocenters. The summed E-state index contributed by atoms with van der Waals surface area (Å²) >= 11 is 0. The second-order valence-electron chi connectivity index (χ2n) is 2.40. The van der Waals surface area contributed by atoms with Gasteiger partial charge >= 0.3 is 0 Å². The van der Waals surface area contributed by atoms with E-state index in [1.807, 2.05) is 29.8 Å². The van der Waals surface area contributed by atoms with Gasteiger partial charge in [-0.05, 0) is 19.1 Å². The van der Waals surface area contributed by atoms with Gasteiger partial charge in [-0.1, -0.05) is 6.08 Å². The van der Waals surface area contributed by atoms with Gasteiger partial charge < -0.3 is 9.67 Å². The zero-order valence-electron chi connectivity index (χ0n) is 6.70. The molecule has 2 nitrogen and oxygen atoms in total. The standard InChI is InChI=1S/C9H13NO/c1-3-9(11)8-6-5-7-10(8)4-2/h3,5-7,9,11H,1,4H2,2H3. The average Bonchev–Trinajstić information content (AvgIpc) is 2.50. The Bertz CT molecular complexity index is 239. The lowest BCUT2D eigenvalue weighted by molar-refractivity contribution is 0.219. The van der Waals surface area contributed by atoms with Crippen LogP contribution in [0.15, 0.2) is 31.0 Å². The van der Waals surface area contributed by atoms with Crippen molar-refractivity contribution in [2.75, 3.05) is 0 Å². The molecule has 0 amide bonds. The molecule has 1 atom stereocenters. The molecule has 1 rings (SSSR count). The molecule has 1 heterocycles. The molecule has 11 heavy (non-hydrogen) atoms. The van der Waals surface area contributed by atoms with Gasteiger partial charge in [0.2, 0.25) is 0 Å². The number of aliphatic hydroxyl groups is 1. The summed E-state index contributed by atoms with van der Waals surface area (Å²) in [4.78, 5) is 0. The number of aromatic nitrogens is 1. The molecule has 1 aromatic rings. The van der Waals surface area contributed by atoms with Crippen molar-refractivity contribution in [1.82, 2.24) is 4.57 Å². The van der Waals surface area contributed by atoms with Crippen molar-refractivity contribution >= 4 is 0 Å². The summed E-state index contributed by atoms with van der Waals surface area (Å²) < 4.78 is 1.99. The molecule has 0 saturated heterocycles. The molecule has 0 aromatic carbocycles. The third kappa shape index (κ3) is 1.52. The van der Waals surface area contributed by atoms with E-state index in [0.29, 0.717) is 0 Å². The van der Waals surface area contributed by atoms with Crippen LogP contribution in [0.5, 0.6) is 0 Å². The van der Waals surface area contributed by atoms with Gasteiger partial charge in [0, 0.05) is 12.7 Å². The largest absolute Gasteiger partial charge is 0.383 e. The highest BCUT2D eigenvalue weighted by atomic mass is 16.3. The fourth-order valence-corrected chi connectivity index (χ4v) is 1.10. The molecular weight excluding hydrogens is 138 g/mol. The topological polar surface area (TPSA) is 25.2 Å². The number of aliphatic hydroxyl groups excluding tert-OH is 1. The van der Waals surface area contributed by atoms with Crippen LogP contribution in [-0.2, 0) is 6.54 Å². The van der Waals surface area contributed by atoms with Crippen LogP contribution >= 0.6 is 0 Å². The SMILES string of the molecule is C=CC(O)c1cccn1CC. The van der Waals surface area contributed by atoms with Crippen LogP contribution in [0.1, 0.15) is 18.7 Å². The fraction of sp³-hybridized carbons (Fsp3) is 0.333. The van der Waals surface area contributed by atoms with Crippen LogP contribution in [0, 0.1) is 0 Å². The van der Waals surface area contributed by atoms with Crippen molar-refractivity contribution in [2.24, 2.45) is 0 Å². The van der Waals surface area contributed by atoms with Crippen molar-refractivity contribution in [2.45, 2.75) is 19.6 Å². The third-order valence-electron chi connectivity index (χ3n) is 1.73. The van der Waals surface area contributed by atoms with Crippen LogP contribution in [0.3, 0.4) is 0 Å². The van der Waals surface area contributed by atoms with E-state index in [1.165, 1.54) is 6.08 Å². The second kappa shape index (κ2) is 3.39. The normalized spacial score (nSPS) is 12.9. The summed E-state index contributed by atoms with van der Waals surface area (Å²) in [6.07, 6.45) is 2.94. The highest BCUT2D eigenvalue weighted by molar-refractivity contribution is 5.13. The van der Waals surface area contributed by atoms with E-state index in [9.17, 15) is 5.11 Å². The van der Waals surface area contributed by atoms with E-state index in [-0.39, 0.29) is 0 Å². The summed E-state index contributed by atoms with van der Waals surface area (Å²) in [7, 11) is 0. The van der Waals surface area contributed by atoms with Crippen molar-refractivity contribution in [1.29, 1.82) is 0 Å². The fourth-order valence-electron chi connectivity index (χ4n) is 1.10. The van der Waals surface area contributed by atoms with Gasteiger partial charge in [-0.25, -0.2) is 0 Å². The molecule has 0 aliphatic rings. The van der Waals surface area contributed by atoms with Gasteiger partial charge in [0.1, 0.15) is 6.10 Å². The molecule has 1 aromatic heterocycles. The first-order chi connectivity index (χ1) is 5.29. The summed E-state index contributed by atoms with van der Waals surface area (Å²) in [6, 6.07) is 3.82. The highest BCUT2D eigenvalue weighted by Crippen LogP contribution is 2.13. The van der Waals surface area contributed by atoms with Crippen molar-refractivity contribution in [3.63, 3.8) is 0 Å². The van der Waals surface area contributed by atoms with Gasteiger partial charge in [0.25, 0.3) is 0 Å². The molecular formula is C9H13NO. The minimum Gasteiger partial charge on any atom is -0.383 e. The summed E-state index contributed by atoms with van der Waals surface area (Å²) in [5.74, 6) is 0. The molecule has 0 aliphatic heterocycles. The smallest absolute Gasteiger partial charge is 0.112 e. The Balaban J connectivity index is 2.91. The average molecular weight is 151 g/mol. The maximum Gasteiger partial charge on any atom is 0.112 e. The quantitative estimate of drug-likeness (QED) is 0.654. The summed E-state index contributed by atoms with van der Waals surface area (Å²) in [6.45, 7) is 6.45. The molecule has 0 aliphatic carbocycles. The lowest BCUT2D eigenvalue weighted by Crippen LogP contribution is -2.02. The second-order valence-corrected chi connectivity index (χ2v) is 2.40. The van der Waals surface area contributed by atoms with Crippen LogP contribution in [0.2, 0.25) is 0 Å². The van der Waals surface area contributed by atoms with Crippen LogP contribution in [0.25, 0.3) is 0 Å².